The lowest BCUT2D eigenvalue weighted by molar-refractivity contribution is -0.125. The molecule has 0 spiro atoms. The van der Waals surface area contributed by atoms with E-state index in [1.165, 1.54) is 32.6 Å². The molecular formula is C30H62N4O7. The number of carbonyl (C=O) groups excluding carboxylic acids is 3. The Morgan fingerprint density at radius 3 is 1.29 bits per heavy atom. The van der Waals surface area contributed by atoms with Gasteiger partial charge in [-0.3, -0.25) is 14.4 Å². The van der Waals surface area contributed by atoms with Crippen molar-refractivity contribution in [3.05, 3.63) is 0 Å². The minimum Gasteiger partial charge on any atom is -0.378 e. The van der Waals surface area contributed by atoms with E-state index in [0.717, 1.165) is 25.7 Å². The number of carbonyl (C=O) groups is 3. The molecule has 0 aromatic rings. The van der Waals surface area contributed by atoms with Crippen molar-refractivity contribution in [2.75, 3.05) is 79.0 Å². The molecule has 0 saturated carbocycles. The van der Waals surface area contributed by atoms with E-state index in [0.29, 0.717) is 79.0 Å². The molecule has 0 radical (unpaired) electrons. The Morgan fingerprint density at radius 2 is 0.951 bits per heavy atom. The van der Waals surface area contributed by atoms with Gasteiger partial charge in [0.2, 0.25) is 17.7 Å². The zero-order valence-electron chi connectivity index (χ0n) is 26.7. The van der Waals surface area contributed by atoms with Gasteiger partial charge in [-0.15, -0.1) is 0 Å². The molecule has 0 aliphatic rings. The van der Waals surface area contributed by atoms with Gasteiger partial charge in [0.05, 0.1) is 52.9 Å². The molecule has 0 aromatic carbocycles. The molecule has 0 fully saturated rings. The molecule has 2 unspecified atom stereocenters. The molecule has 0 aromatic heterocycles. The topological polar surface area (TPSA) is 150 Å². The Balaban J connectivity index is 0. The third-order valence-electron chi connectivity index (χ3n) is 6.09. The molecular weight excluding hydrogens is 528 g/mol. The Morgan fingerprint density at radius 1 is 0.585 bits per heavy atom. The van der Waals surface area contributed by atoms with Crippen molar-refractivity contribution >= 4 is 17.7 Å². The summed E-state index contributed by atoms with van der Waals surface area (Å²) in [5.41, 5.74) is 5.28. The number of amides is 3. The lowest BCUT2D eigenvalue weighted by atomic mass is 10.0. The highest BCUT2D eigenvalue weighted by Crippen LogP contribution is 2.09. The van der Waals surface area contributed by atoms with E-state index in [4.69, 9.17) is 24.7 Å². The molecule has 5 N–H and O–H groups in total. The molecule has 11 heteroatoms. The van der Waals surface area contributed by atoms with Crippen molar-refractivity contribution in [1.82, 2.24) is 16.0 Å². The van der Waals surface area contributed by atoms with Gasteiger partial charge in [-0.25, -0.2) is 0 Å². The first kappa shape index (κ1) is 41.3. The molecule has 0 aliphatic carbocycles. The average Bonchev–Trinajstić information content (AvgIpc) is 2.95. The van der Waals surface area contributed by atoms with Gasteiger partial charge >= 0.3 is 0 Å². The van der Waals surface area contributed by atoms with Crippen LogP contribution in [0, 0.1) is 11.8 Å². The third kappa shape index (κ3) is 32.6. The Kier molecular flexibility index (Phi) is 33.0. The zero-order chi connectivity index (χ0) is 31.0. The van der Waals surface area contributed by atoms with Crippen molar-refractivity contribution in [2.45, 2.75) is 86.0 Å². The highest BCUT2D eigenvalue weighted by molar-refractivity contribution is 5.78. The fourth-order valence-corrected chi connectivity index (χ4v) is 3.53. The lowest BCUT2D eigenvalue weighted by Crippen LogP contribution is -2.32. The van der Waals surface area contributed by atoms with Gasteiger partial charge in [0.15, 0.2) is 0 Å². The van der Waals surface area contributed by atoms with Gasteiger partial charge in [0.25, 0.3) is 0 Å². The average molecular weight is 591 g/mol. The second-order valence-electron chi connectivity index (χ2n) is 10.1. The van der Waals surface area contributed by atoms with Crippen molar-refractivity contribution < 1.29 is 33.3 Å². The number of ether oxygens (including phenoxy) is 4. The van der Waals surface area contributed by atoms with Crippen molar-refractivity contribution in [3.8, 4) is 0 Å². The largest absolute Gasteiger partial charge is 0.378 e. The summed E-state index contributed by atoms with van der Waals surface area (Å²) in [5, 5.41) is 8.41. The molecule has 0 heterocycles. The van der Waals surface area contributed by atoms with E-state index >= 15 is 0 Å². The minimum absolute atomic E-state index is 0.0560. The highest BCUT2D eigenvalue weighted by atomic mass is 16.5. The van der Waals surface area contributed by atoms with Crippen LogP contribution in [0.5, 0.6) is 0 Å². The van der Waals surface area contributed by atoms with Crippen LogP contribution >= 0.6 is 0 Å². The molecule has 11 nitrogen and oxygen atoms in total. The number of hydrogen-bond donors (Lipinski definition) is 4. The normalized spacial score (nSPS) is 12.1. The summed E-state index contributed by atoms with van der Waals surface area (Å²) in [5.74, 6) is 0.341. The predicted molar refractivity (Wildman–Crippen MR) is 164 cm³/mol. The number of hydrogen-bond acceptors (Lipinski definition) is 8. The second-order valence-corrected chi connectivity index (χ2v) is 10.1. The first-order chi connectivity index (χ1) is 19.8. The molecule has 0 bridgehead atoms. The van der Waals surface area contributed by atoms with E-state index in [2.05, 4.69) is 29.8 Å². The number of nitrogens with one attached hydrogen (secondary N) is 3. The molecule has 2 atom stereocenters. The van der Waals surface area contributed by atoms with Crippen LogP contribution in [0.25, 0.3) is 0 Å². The minimum atomic E-state index is -0.0560. The van der Waals surface area contributed by atoms with Gasteiger partial charge in [0.1, 0.15) is 0 Å². The van der Waals surface area contributed by atoms with Crippen LogP contribution in [0.2, 0.25) is 0 Å². The van der Waals surface area contributed by atoms with E-state index in [-0.39, 0.29) is 29.6 Å². The number of rotatable bonds is 27. The van der Waals surface area contributed by atoms with Crippen LogP contribution in [0.4, 0.5) is 0 Å². The summed E-state index contributed by atoms with van der Waals surface area (Å²) < 4.78 is 21.1. The quantitative estimate of drug-likeness (QED) is 0.107. The van der Waals surface area contributed by atoms with Gasteiger partial charge in [-0.05, 0) is 12.8 Å². The standard InChI is InChI=1S/C16H32N2O4.C14H30N2O3/c1-4-5-6-7-14(2)16(20)18-9-11-22-13-12-21-10-8-17-15(3)19;1-3-4-5-6-13(2)14(17)16-8-10-19-12-11-18-9-7-15/h14H,4-13H2,1-3H3,(H,17,19)(H,18,20);13H,3-12,15H2,1-2H3,(H,16,17). The van der Waals surface area contributed by atoms with Crippen LogP contribution in [0.1, 0.15) is 86.0 Å². The molecule has 244 valence electrons. The van der Waals surface area contributed by atoms with E-state index in [9.17, 15) is 14.4 Å². The molecule has 0 saturated heterocycles. The predicted octanol–water partition coefficient (Wildman–Crippen LogP) is 2.80. The Labute approximate surface area is 249 Å². The highest BCUT2D eigenvalue weighted by Gasteiger charge is 2.12. The molecule has 0 aliphatic heterocycles. The third-order valence-corrected chi connectivity index (χ3v) is 6.09. The maximum atomic E-state index is 11.8. The summed E-state index contributed by atoms with van der Waals surface area (Å²) >= 11 is 0. The Hall–Kier alpha value is -1.79. The molecule has 3 amide bonds. The second kappa shape index (κ2) is 32.7. The first-order valence-electron chi connectivity index (χ1n) is 15.6. The van der Waals surface area contributed by atoms with Crippen molar-refractivity contribution in [1.29, 1.82) is 0 Å². The zero-order valence-corrected chi connectivity index (χ0v) is 26.7. The summed E-state index contributed by atoms with van der Waals surface area (Å²) in [6.07, 6.45) is 8.89. The van der Waals surface area contributed by atoms with Gasteiger partial charge in [0, 0.05) is 44.9 Å². The van der Waals surface area contributed by atoms with E-state index in [1.807, 2.05) is 13.8 Å². The number of unbranched alkanes of at least 4 members (excludes halogenated alkanes) is 4. The summed E-state index contributed by atoms with van der Waals surface area (Å²) in [6.45, 7) is 16.0. The van der Waals surface area contributed by atoms with Crippen molar-refractivity contribution in [3.63, 3.8) is 0 Å². The first-order valence-corrected chi connectivity index (χ1v) is 15.6. The van der Waals surface area contributed by atoms with Crippen LogP contribution in [0.15, 0.2) is 0 Å². The summed E-state index contributed by atoms with van der Waals surface area (Å²) in [4.78, 5) is 34.1. The molecule has 0 rings (SSSR count). The SMILES string of the molecule is CCCCCC(C)C(=O)NCCOCCOCCN.CCCCCC(C)C(=O)NCCOCCOCCNC(C)=O. The maximum Gasteiger partial charge on any atom is 0.222 e. The van der Waals surface area contributed by atoms with Crippen molar-refractivity contribution in [2.24, 2.45) is 17.6 Å². The van der Waals surface area contributed by atoms with Crippen LogP contribution in [-0.2, 0) is 33.3 Å². The van der Waals surface area contributed by atoms with E-state index in [1.54, 1.807) is 0 Å². The lowest BCUT2D eigenvalue weighted by Gasteiger charge is -2.12. The van der Waals surface area contributed by atoms with Crippen LogP contribution in [-0.4, -0.2) is 96.8 Å². The maximum absolute atomic E-state index is 11.8. The van der Waals surface area contributed by atoms with Crippen LogP contribution in [0.3, 0.4) is 0 Å². The fraction of sp³-hybridized carbons (Fsp3) is 0.900. The summed E-state index contributed by atoms with van der Waals surface area (Å²) in [6, 6.07) is 0. The monoisotopic (exact) mass is 590 g/mol. The van der Waals surface area contributed by atoms with Gasteiger partial charge in [-0.2, -0.15) is 0 Å². The van der Waals surface area contributed by atoms with Gasteiger partial charge in [-0.1, -0.05) is 66.2 Å². The smallest absolute Gasteiger partial charge is 0.222 e. The Bertz CT molecular complexity index is 611. The number of nitrogens with two attached hydrogens (primary N) is 1. The van der Waals surface area contributed by atoms with Crippen LogP contribution < -0.4 is 21.7 Å². The van der Waals surface area contributed by atoms with E-state index < -0.39 is 0 Å². The molecule has 41 heavy (non-hydrogen) atoms. The summed E-state index contributed by atoms with van der Waals surface area (Å²) in [7, 11) is 0. The fourth-order valence-electron chi connectivity index (χ4n) is 3.53. The van der Waals surface area contributed by atoms with Gasteiger partial charge < -0.3 is 40.6 Å².